The van der Waals surface area contributed by atoms with Gasteiger partial charge in [-0.1, -0.05) is 19.1 Å². The summed E-state index contributed by atoms with van der Waals surface area (Å²) in [5.74, 6) is 0.858. The second kappa shape index (κ2) is 6.03. The first-order chi connectivity index (χ1) is 8.01. The first-order valence-electron chi connectivity index (χ1n) is 6.07. The maximum absolute atomic E-state index is 6.35. The van der Waals surface area contributed by atoms with Gasteiger partial charge in [0.15, 0.2) is 0 Å². The minimum absolute atomic E-state index is 0.168. The summed E-state index contributed by atoms with van der Waals surface area (Å²) in [6.45, 7) is 6.60. The van der Waals surface area contributed by atoms with E-state index in [-0.39, 0.29) is 6.10 Å². The van der Waals surface area contributed by atoms with E-state index >= 15 is 0 Å². The van der Waals surface area contributed by atoms with E-state index in [1.54, 1.807) is 7.11 Å². The molecule has 1 aromatic carbocycles. The lowest BCUT2D eigenvalue weighted by atomic mass is 9.89. The Hall–Kier alpha value is -1.06. The molecule has 17 heavy (non-hydrogen) atoms. The zero-order valence-corrected chi connectivity index (χ0v) is 11.2. The minimum atomic E-state index is -0.439. The molecule has 0 saturated heterocycles. The lowest BCUT2D eigenvalue weighted by Gasteiger charge is -2.28. The fourth-order valence-corrected chi connectivity index (χ4v) is 1.80. The van der Waals surface area contributed by atoms with Gasteiger partial charge in [0.05, 0.1) is 18.2 Å². The van der Waals surface area contributed by atoms with Gasteiger partial charge in [-0.15, -0.1) is 0 Å². The van der Waals surface area contributed by atoms with Crippen LogP contribution in [0.15, 0.2) is 24.3 Å². The summed E-state index contributed by atoms with van der Waals surface area (Å²) in [5.41, 5.74) is 6.96. The van der Waals surface area contributed by atoms with Gasteiger partial charge in [-0.05, 0) is 38.0 Å². The number of hydrogen-bond acceptors (Lipinski definition) is 3. The second-order valence-corrected chi connectivity index (χ2v) is 4.64. The maximum atomic E-state index is 6.35. The highest BCUT2D eigenvalue weighted by Crippen LogP contribution is 2.26. The number of hydrogen-bond donors (Lipinski definition) is 1. The SMILES string of the molecule is CCC(N)(COC)c1cccc(OC(C)C)c1. The van der Waals surface area contributed by atoms with Gasteiger partial charge in [0.1, 0.15) is 5.75 Å². The molecule has 1 atom stereocenters. The topological polar surface area (TPSA) is 44.5 Å². The van der Waals surface area contributed by atoms with Crippen molar-refractivity contribution in [2.45, 2.75) is 38.8 Å². The van der Waals surface area contributed by atoms with Gasteiger partial charge in [-0.25, -0.2) is 0 Å². The Morgan fingerprint density at radius 1 is 1.35 bits per heavy atom. The van der Waals surface area contributed by atoms with E-state index in [0.717, 1.165) is 17.7 Å². The van der Waals surface area contributed by atoms with Gasteiger partial charge in [0.2, 0.25) is 0 Å². The molecule has 1 aromatic rings. The van der Waals surface area contributed by atoms with Crippen LogP contribution >= 0.6 is 0 Å². The average Bonchev–Trinajstić information content (AvgIpc) is 2.28. The molecule has 0 fully saturated rings. The minimum Gasteiger partial charge on any atom is -0.491 e. The molecule has 3 heteroatoms. The van der Waals surface area contributed by atoms with Crippen LogP contribution in [-0.2, 0) is 10.3 Å². The van der Waals surface area contributed by atoms with Crippen molar-refractivity contribution in [2.75, 3.05) is 13.7 Å². The summed E-state index contributed by atoms with van der Waals surface area (Å²) >= 11 is 0. The highest BCUT2D eigenvalue weighted by atomic mass is 16.5. The van der Waals surface area contributed by atoms with Crippen LogP contribution in [0, 0.1) is 0 Å². The van der Waals surface area contributed by atoms with Crippen molar-refractivity contribution in [1.82, 2.24) is 0 Å². The van der Waals surface area contributed by atoms with Crippen molar-refractivity contribution in [3.8, 4) is 5.75 Å². The smallest absolute Gasteiger partial charge is 0.120 e. The molecule has 0 heterocycles. The van der Waals surface area contributed by atoms with Crippen molar-refractivity contribution < 1.29 is 9.47 Å². The monoisotopic (exact) mass is 237 g/mol. The molecular weight excluding hydrogens is 214 g/mol. The van der Waals surface area contributed by atoms with E-state index in [0.29, 0.717) is 6.61 Å². The van der Waals surface area contributed by atoms with E-state index in [1.165, 1.54) is 0 Å². The molecule has 96 valence electrons. The van der Waals surface area contributed by atoms with E-state index in [4.69, 9.17) is 15.2 Å². The van der Waals surface area contributed by atoms with Crippen LogP contribution in [0.3, 0.4) is 0 Å². The molecular formula is C14H23NO2. The predicted molar refractivity (Wildman–Crippen MR) is 70.2 cm³/mol. The summed E-state index contributed by atoms with van der Waals surface area (Å²) in [5, 5.41) is 0. The zero-order chi connectivity index (χ0) is 12.9. The lowest BCUT2D eigenvalue weighted by Crippen LogP contribution is -2.40. The normalized spacial score (nSPS) is 14.7. The Bertz CT molecular complexity index is 352. The van der Waals surface area contributed by atoms with Gasteiger partial charge in [0.25, 0.3) is 0 Å². The Morgan fingerprint density at radius 2 is 2.06 bits per heavy atom. The third-order valence-corrected chi connectivity index (χ3v) is 2.81. The lowest BCUT2D eigenvalue weighted by molar-refractivity contribution is 0.129. The molecule has 1 unspecified atom stereocenters. The molecule has 0 amide bonds. The van der Waals surface area contributed by atoms with Gasteiger partial charge in [-0.3, -0.25) is 0 Å². The number of rotatable bonds is 6. The second-order valence-electron chi connectivity index (χ2n) is 4.64. The van der Waals surface area contributed by atoms with Crippen molar-refractivity contribution in [2.24, 2.45) is 5.73 Å². The highest BCUT2D eigenvalue weighted by Gasteiger charge is 2.25. The summed E-state index contributed by atoms with van der Waals surface area (Å²) in [6, 6.07) is 7.95. The van der Waals surface area contributed by atoms with Crippen LogP contribution in [0.1, 0.15) is 32.8 Å². The van der Waals surface area contributed by atoms with Crippen molar-refractivity contribution >= 4 is 0 Å². The summed E-state index contributed by atoms with van der Waals surface area (Å²) in [4.78, 5) is 0. The Morgan fingerprint density at radius 3 is 2.59 bits per heavy atom. The van der Waals surface area contributed by atoms with Gasteiger partial charge >= 0.3 is 0 Å². The van der Waals surface area contributed by atoms with E-state index < -0.39 is 5.54 Å². The largest absolute Gasteiger partial charge is 0.491 e. The van der Waals surface area contributed by atoms with Crippen molar-refractivity contribution in [1.29, 1.82) is 0 Å². The predicted octanol–water partition coefficient (Wildman–Crippen LogP) is 2.68. The van der Waals surface area contributed by atoms with E-state index in [2.05, 4.69) is 6.92 Å². The first-order valence-corrected chi connectivity index (χ1v) is 6.07. The fraction of sp³-hybridized carbons (Fsp3) is 0.571. The molecule has 1 rings (SSSR count). The molecule has 0 saturated carbocycles. The van der Waals surface area contributed by atoms with Crippen LogP contribution in [0.25, 0.3) is 0 Å². The molecule has 0 aliphatic heterocycles. The molecule has 0 aliphatic carbocycles. The first kappa shape index (κ1) is 14.0. The quantitative estimate of drug-likeness (QED) is 0.827. The number of ether oxygens (including phenoxy) is 2. The molecule has 0 bridgehead atoms. The molecule has 0 spiro atoms. The summed E-state index contributed by atoms with van der Waals surface area (Å²) < 4.78 is 10.9. The van der Waals surface area contributed by atoms with Crippen molar-refractivity contribution in [3.05, 3.63) is 29.8 Å². The standard InChI is InChI=1S/C14H23NO2/c1-5-14(15,10-16-4)12-7-6-8-13(9-12)17-11(2)3/h6-9,11H,5,10,15H2,1-4H3. The van der Waals surface area contributed by atoms with E-state index in [1.807, 2.05) is 38.1 Å². The summed E-state index contributed by atoms with van der Waals surface area (Å²) in [7, 11) is 1.67. The van der Waals surface area contributed by atoms with Crippen LogP contribution in [-0.4, -0.2) is 19.8 Å². The zero-order valence-electron chi connectivity index (χ0n) is 11.2. The number of nitrogens with two attached hydrogens (primary N) is 1. The molecule has 3 nitrogen and oxygen atoms in total. The van der Waals surface area contributed by atoms with Crippen LogP contribution in [0.5, 0.6) is 5.75 Å². The molecule has 0 aliphatic rings. The average molecular weight is 237 g/mol. The van der Waals surface area contributed by atoms with Crippen LogP contribution in [0.4, 0.5) is 0 Å². The third-order valence-electron chi connectivity index (χ3n) is 2.81. The Kier molecular flexibility index (Phi) is 4.97. The number of methoxy groups -OCH3 is 1. The Labute approximate surface area is 104 Å². The fourth-order valence-electron chi connectivity index (χ4n) is 1.80. The molecule has 0 radical (unpaired) electrons. The number of benzene rings is 1. The van der Waals surface area contributed by atoms with E-state index in [9.17, 15) is 0 Å². The highest BCUT2D eigenvalue weighted by molar-refractivity contribution is 5.33. The van der Waals surface area contributed by atoms with Gasteiger partial charge in [-0.2, -0.15) is 0 Å². The maximum Gasteiger partial charge on any atom is 0.120 e. The molecule has 2 N–H and O–H groups in total. The van der Waals surface area contributed by atoms with Gasteiger partial charge < -0.3 is 15.2 Å². The molecule has 0 aromatic heterocycles. The third kappa shape index (κ3) is 3.72. The van der Waals surface area contributed by atoms with Gasteiger partial charge in [0, 0.05) is 7.11 Å². The van der Waals surface area contributed by atoms with Crippen LogP contribution in [0.2, 0.25) is 0 Å². The Balaban J connectivity index is 2.96. The van der Waals surface area contributed by atoms with Crippen molar-refractivity contribution in [3.63, 3.8) is 0 Å². The van der Waals surface area contributed by atoms with Crippen LogP contribution < -0.4 is 10.5 Å². The summed E-state index contributed by atoms with van der Waals surface area (Å²) in [6.07, 6.45) is 0.993.